The molecule has 2 aromatic rings. The molecule has 0 spiro atoms. The van der Waals surface area contributed by atoms with Gasteiger partial charge in [0.1, 0.15) is 5.75 Å². The number of rotatable bonds is 8. The van der Waals surface area contributed by atoms with Crippen molar-refractivity contribution in [3.8, 4) is 5.75 Å². The van der Waals surface area contributed by atoms with Gasteiger partial charge in [0.25, 0.3) is 0 Å². The zero-order valence-electron chi connectivity index (χ0n) is 17.4. The van der Waals surface area contributed by atoms with Gasteiger partial charge in [0.05, 0.1) is 24.9 Å². The van der Waals surface area contributed by atoms with Crippen LogP contribution in [-0.4, -0.2) is 29.4 Å². The van der Waals surface area contributed by atoms with Crippen LogP contribution in [0.5, 0.6) is 5.75 Å². The monoisotopic (exact) mass is 383 g/mol. The lowest BCUT2D eigenvalue weighted by atomic mass is 10.1. The zero-order chi connectivity index (χ0) is 19.8. The Morgan fingerprint density at radius 2 is 2.00 bits per heavy atom. The molecule has 1 aliphatic rings. The molecule has 1 aromatic carbocycles. The van der Waals surface area contributed by atoms with E-state index < -0.39 is 0 Å². The summed E-state index contributed by atoms with van der Waals surface area (Å²) in [7, 11) is 1.79. The predicted octanol–water partition coefficient (Wildman–Crippen LogP) is 3.96. The van der Waals surface area contributed by atoms with Crippen LogP contribution in [-0.2, 0) is 13.1 Å². The van der Waals surface area contributed by atoms with Crippen LogP contribution in [0.1, 0.15) is 61.9 Å². The number of aromatic nitrogens is 2. The van der Waals surface area contributed by atoms with Crippen LogP contribution < -0.4 is 15.4 Å². The fourth-order valence-corrected chi connectivity index (χ4v) is 3.57. The van der Waals surface area contributed by atoms with Crippen molar-refractivity contribution in [3.05, 3.63) is 47.3 Å². The number of benzene rings is 1. The first kappa shape index (κ1) is 20.2. The van der Waals surface area contributed by atoms with Crippen LogP contribution in [0.4, 0.5) is 0 Å². The Hall–Kier alpha value is -2.50. The van der Waals surface area contributed by atoms with Crippen molar-refractivity contribution in [2.24, 2.45) is 4.99 Å². The summed E-state index contributed by atoms with van der Waals surface area (Å²) < 4.78 is 8.03. The molecule has 0 amide bonds. The minimum absolute atomic E-state index is 0.578. The molecule has 0 radical (unpaired) electrons. The average Bonchev–Trinajstić information content (AvgIpc) is 3.39. The molecule has 28 heavy (non-hydrogen) atoms. The lowest BCUT2D eigenvalue weighted by Gasteiger charge is -2.15. The van der Waals surface area contributed by atoms with E-state index in [9.17, 15) is 0 Å². The summed E-state index contributed by atoms with van der Waals surface area (Å²) in [5.41, 5.74) is 3.37. The minimum Gasteiger partial charge on any atom is -0.493 e. The lowest BCUT2D eigenvalue weighted by molar-refractivity contribution is 0.313. The molecule has 6 nitrogen and oxygen atoms in total. The topological polar surface area (TPSA) is 63.5 Å². The van der Waals surface area contributed by atoms with E-state index in [4.69, 9.17) is 9.84 Å². The van der Waals surface area contributed by atoms with Gasteiger partial charge in [0.2, 0.25) is 0 Å². The molecule has 0 aliphatic heterocycles. The molecule has 1 heterocycles. The van der Waals surface area contributed by atoms with Crippen molar-refractivity contribution < 1.29 is 4.74 Å². The first-order valence-electron chi connectivity index (χ1n) is 10.4. The number of ether oxygens (including phenoxy) is 1. The number of guanidine groups is 1. The van der Waals surface area contributed by atoms with Gasteiger partial charge in [-0.1, -0.05) is 31.9 Å². The van der Waals surface area contributed by atoms with Gasteiger partial charge in [-0.15, -0.1) is 0 Å². The predicted molar refractivity (Wildman–Crippen MR) is 114 cm³/mol. The number of hydrogen-bond acceptors (Lipinski definition) is 3. The molecule has 1 fully saturated rings. The Labute approximate surface area is 168 Å². The second-order valence-electron chi connectivity index (χ2n) is 7.46. The summed E-state index contributed by atoms with van der Waals surface area (Å²) in [6, 6.07) is 8.99. The Morgan fingerprint density at radius 1 is 1.21 bits per heavy atom. The molecule has 0 unspecified atom stereocenters. The van der Waals surface area contributed by atoms with Crippen molar-refractivity contribution in [2.45, 2.75) is 65.1 Å². The highest BCUT2D eigenvalue weighted by Gasteiger charge is 2.17. The third-order valence-corrected chi connectivity index (χ3v) is 5.15. The quantitative estimate of drug-likeness (QED) is 0.535. The number of aliphatic imine (C=N–C) groups is 1. The second-order valence-corrected chi connectivity index (χ2v) is 7.46. The van der Waals surface area contributed by atoms with Crippen molar-refractivity contribution in [1.82, 2.24) is 20.4 Å². The normalized spacial score (nSPS) is 15.0. The van der Waals surface area contributed by atoms with E-state index in [0.29, 0.717) is 19.1 Å². The largest absolute Gasteiger partial charge is 0.493 e. The van der Waals surface area contributed by atoms with Gasteiger partial charge in [-0.25, -0.2) is 0 Å². The molecule has 1 saturated carbocycles. The molecule has 6 heteroatoms. The maximum absolute atomic E-state index is 5.90. The zero-order valence-corrected chi connectivity index (χ0v) is 17.4. The van der Waals surface area contributed by atoms with E-state index in [-0.39, 0.29) is 0 Å². The van der Waals surface area contributed by atoms with Gasteiger partial charge in [-0.3, -0.25) is 9.67 Å². The van der Waals surface area contributed by atoms with E-state index in [0.717, 1.165) is 36.0 Å². The molecule has 0 bridgehead atoms. The summed E-state index contributed by atoms with van der Waals surface area (Å²) in [4.78, 5) is 4.33. The molecule has 152 valence electrons. The highest BCUT2D eigenvalue weighted by molar-refractivity contribution is 5.79. The summed E-state index contributed by atoms with van der Waals surface area (Å²) in [5.74, 6) is 1.71. The van der Waals surface area contributed by atoms with Gasteiger partial charge in [-0.2, -0.15) is 5.10 Å². The number of nitrogens with one attached hydrogen (secondary N) is 2. The van der Waals surface area contributed by atoms with Gasteiger partial charge in [0, 0.05) is 25.4 Å². The maximum Gasteiger partial charge on any atom is 0.191 e. The van der Waals surface area contributed by atoms with Crippen LogP contribution in [0.2, 0.25) is 0 Å². The first-order valence-corrected chi connectivity index (χ1v) is 10.4. The lowest BCUT2D eigenvalue weighted by Crippen LogP contribution is -2.36. The van der Waals surface area contributed by atoms with Crippen molar-refractivity contribution in [3.63, 3.8) is 0 Å². The third kappa shape index (κ3) is 5.50. The Morgan fingerprint density at radius 3 is 2.75 bits per heavy atom. The van der Waals surface area contributed by atoms with E-state index in [1.807, 2.05) is 0 Å². The maximum atomic E-state index is 5.90. The SMILES string of the molecule is CCCOc1cc(C)ccc1CNC(=NC)NCc1ccn(C2CCCC2)n1. The minimum atomic E-state index is 0.578. The van der Waals surface area contributed by atoms with Crippen LogP contribution in [0, 0.1) is 6.92 Å². The number of hydrogen-bond donors (Lipinski definition) is 2. The van der Waals surface area contributed by atoms with Crippen LogP contribution >= 0.6 is 0 Å². The first-order chi connectivity index (χ1) is 13.7. The Balaban J connectivity index is 1.52. The molecule has 2 N–H and O–H groups in total. The highest BCUT2D eigenvalue weighted by atomic mass is 16.5. The van der Waals surface area contributed by atoms with Crippen LogP contribution in [0.15, 0.2) is 35.5 Å². The third-order valence-electron chi connectivity index (χ3n) is 5.15. The molecule has 3 rings (SSSR count). The van der Waals surface area contributed by atoms with Gasteiger partial charge >= 0.3 is 0 Å². The van der Waals surface area contributed by atoms with Crippen molar-refractivity contribution >= 4 is 5.96 Å². The fourth-order valence-electron chi connectivity index (χ4n) is 3.57. The second kappa shape index (κ2) is 10.2. The van der Waals surface area contributed by atoms with Gasteiger partial charge < -0.3 is 15.4 Å². The van der Waals surface area contributed by atoms with E-state index in [2.05, 4.69) is 64.6 Å². The Bertz CT molecular complexity index is 777. The summed E-state index contributed by atoms with van der Waals surface area (Å²) in [5, 5.41) is 11.5. The molecular weight excluding hydrogens is 350 g/mol. The van der Waals surface area contributed by atoms with E-state index in [1.54, 1.807) is 7.05 Å². The van der Waals surface area contributed by atoms with Crippen molar-refractivity contribution in [2.75, 3.05) is 13.7 Å². The summed E-state index contributed by atoms with van der Waals surface area (Å²) in [6.45, 7) is 6.25. The van der Waals surface area contributed by atoms with E-state index in [1.165, 1.54) is 31.2 Å². The summed E-state index contributed by atoms with van der Waals surface area (Å²) >= 11 is 0. The number of aryl methyl sites for hydroxylation is 1. The summed E-state index contributed by atoms with van der Waals surface area (Å²) in [6.07, 6.45) is 8.23. The molecule has 0 saturated heterocycles. The van der Waals surface area contributed by atoms with Crippen LogP contribution in [0.3, 0.4) is 0 Å². The molecular formula is C22H33N5O. The molecule has 1 aliphatic carbocycles. The van der Waals surface area contributed by atoms with Gasteiger partial charge in [-0.05, 0) is 43.9 Å². The molecule has 1 aromatic heterocycles. The fraction of sp³-hybridized carbons (Fsp3) is 0.545. The standard InChI is InChI=1S/C22H33N5O/c1-4-13-28-21-14-17(2)9-10-18(21)15-24-22(23-3)25-16-19-11-12-27(26-19)20-7-5-6-8-20/h9-12,14,20H,4-8,13,15-16H2,1-3H3,(H2,23,24,25). The molecule has 0 atom stereocenters. The highest BCUT2D eigenvalue weighted by Crippen LogP contribution is 2.28. The number of nitrogens with zero attached hydrogens (tertiary/aromatic N) is 3. The van der Waals surface area contributed by atoms with Gasteiger partial charge in [0.15, 0.2) is 5.96 Å². The average molecular weight is 384 g/mol. The van der Waals surface area contributed by atoms with Crippen LogP contribution in [0.25, 0.3) is 0 Å². The smallest absolute Gasteiger partial charge is 0.191 e. The van der Waals surface area contributed by atoms with Crippen molar-refractivity contribution in [1.29, 1.82) is 0 Å². The van der Waals surface area contributed by atoms with E-state index >= 15 is 0 Å². The Kier molecular flexibility index (Phi) is 7.34.